The average molecular weight is 213 g/mol. The molecule has 5 heteroatoms. The SMILES string of the molecule is Oc1ccn(-c2cccc(F)c2Cl)n1. The van der Waals surface area contributed by atoms with E-state index in [1.165, 1.54) is 29.1 Å². The fraction of sp³-hybridized carbons (Fsp3) is 0. The second kappa shape index (κ2) is 3.31. The van der Waals surface area contributed by atoms with Crippen LogP contribution in [0.15, 0.2) is 30.5 Å². The lowest BCUT2D eigenvalue weighted by atomic mass is 10.3. The molecule has 0 atom stereocenters. The van der Waals surface area contributed by atoms with Gasteiger partial charge in [-0.3, -0.25) is 0 Å². The summed E-state index contributed by atoms with van der Waals surface area (Å²) < 4.78 is 14.3. The molecule has 0 fully saturated rings. The molecule has 0 bridgehead atoms. The second-order valence-electron chi connectivity index (χ2n) is 2.69. The first-order valence-corrected chi connectivity index (χ1v) is 4.25. The predicted octanol–water partition coefficient (Wildman–Crippen LogP) is 2.37. The largest absolute Gasteiger partial charge is 0.492 e. The monoisotopic (exact) mass is 212 g/mol. The van der Waals surface area contributed by atoms with Crippen LogP contribution < -0.4 is 0 Å². The lowest BCUT2D eigenvalue weighted by Crippen LogP contribution is -1.96. The fourth-order valence-corrected chi connectivity index (χ4v) is 1.33. The van der Waals surface area contributed by atoms with Gasteiger partial charge in [0.2, 0.25) is 5.88 Å². The Morgan fingerprint density at radius 3 is 2.79 bits per heavy atom. The van der Waals surface area contributed by atoms with E-state index in [1.807, 2.05) is 0 Å². The van der Waals surface area contributed by atoms with Crippen LogP contribution in [0.3, 0.4) is 0 Å². The number of aromatic nitrogens is 2. The lowest BCUT2D eigenvalue weighted by molar-refractivity contribution is 0.447. The molecule has 1 aromatic heterocycles. The van der Waals surface area contributed by atoms with Gasteiger partial charge in [0.1, 0.15) is 10.8 Å². The Morgan fingerprint density at radius 1 is 1.36 bits per heavy atom. The molecule has 0 saturated heterocycles. The highest BCUT2D eigenvalue weighted by Crippen LogP contribution is 2.23. The Kier molecular flexibility index (Phi) is 2.13. The van der Waals surface area contributed by atoms with Crippen molar-refractivity contribution in [3.05, 3.63) is 41.3 Å². The highest BCUT2D eigenvalue weighted by atomic mass is 35.5. The third-order valence-corrected chi connectivity index (χ3v) is 2.13. The van der Waals surface area contributed by atoms with Gasteiger partial charge < -0.3 is 5.11 Å². The van der Waals surface area contributed by atoms with Gasteiger partial charge in [-0.05, 0) is 12.1 Å². The van der Waals surface area contributed by atoms with Crippen molar-refractivity contribution < 1.29 is 9.50 Å². The van der Waals surface area contributed by atoms with Gasteiger partial charge in [-0.2, -0.15) is 0 Å². The highest BCUT2D eigenvalue weighted by molar-refractivity contribution is 6.32. The fourth-order valence-electron chi connectivity index (χ4n) is 1.12. The molecule has 1 N–H and O–H groups in total. The molecule has 3 nitrogen and oxygen atoms in total. The van der Waals surface area contributed by atoms with Crippen molar-refractivity contribution in [3.63, 3.8) is 0 Å². The first-order chi connectivity index (χ1) is 6.68. The summed E-state index contributed by atoms with van der Waals surface area (Å²) in [6.07, 6.45) is 1.50. The smallest absolute Gasteiger partial charge is 0.230 e. The summed E-state index contributed by atoms with van der Waals surface area (Å²) in [6, 6.07) is 5.78. The molecule has 1 aromatic carbocycles. The van der Waals surface area contributed by atoms with Crippen molar-refractivity contribution in [1.82, 2.24) is 9.78 Å². The van der Waals surface area contributed by atoms with Crippen molar-refractivity contribution in [1.29, 1.82) is 0 Å². The molecule has 0 aliphatic rings. The Bertz CT molecular complexity index is 470. The van der Waals surface area contributed by atoms with Crippen LogP contribution in [0, 0.1) is 5.82 Å². The summed E-state index contributed by atoms with van der Waals surface area (Å²) in [5.74, 6) is -0.649. The second-order valence-corrected chi connectivity index (χ2v) is 3.07. The minimum Gasteiger partial charge on any atom is -0.492 e. The molecule has 2 rings (SSSR count). The normalized spacial score (nSPS) is 10.4. The van der Waals surface area contributed by atoms with Crippen LogP contribution in [-0.2, 0) is 0 Å². The molecule has 0 saturated carbocycles. The molecule has 0 aliphatic heterocycles. The van der Waals surface area contributed by atoms with Gasteiger partial charge >= 0.3 is 0 Å². The molecule has 1 heterocycles. The first kappa shape index (κ1) is 9.02. The molecule has 0 amide bonds. The number of hydrogen-bond acceptors (Lipinski definition) is 2. The molecule has 0 radical (unpaired) electrons. The van der Waals surface area contributed by atoms with Gasteiger partial charge in [0.05, 0.1) is 5.69 Å². The zero-order chi connectivity index (χ0) is 10.1. The maximum atomic E-state index is 13.0. The number of nitrogens with zero attached hydrogens (tertiary/aromatic N) is 2. The van der Waals surface area contributed by atoms with Gasteiger partial charge in [-0.25, -0.2) is 9.07 Å². The van der Waals surface area contributed by atoms with Crippen LogP contribution in [0.1, 0.15) is 0 Å². The van der Waals surface area contributed by atoms with Crippen molar-refractivity contribution in [3.8, 4) is 11.6 Å². The Labute approximate surface area is 84.4 Å². The van der Waals surface area contributed by atoms with Crippen LogP contribution >= 0.6 is 11.6 Å². The molecule has 0 spiro atoms. The van der Waals surface area contributed by atoms with Gasteiger partial charge in [-0.1, -0.05) is 17.7 Å². The molecule has 14 heavy (non-hydrogen) atoms. The van der Waals surface area contributed by atoms with Crippen LogP contribution in [0.4, 0.5) is 4.39 Å². The Balaban J connectivity index is 2.57. The topological polar surface area (TPSA) is 38.0 Å². The van der Waals surface area contributed by atoms with Gasteiger partial charge in [0.25, 0.3) is 0 Å². The average Bonchev–Trinajstić information content (AvgIpc) is 2.57. The van der Waals surface area contributed by atoms with E-state index >= 15 is 0 Å². The standard InChI is InChI=1S/C9H6ClFN2O/c10-9-6(11)2-1-3-7(9)13-5-4-8(14)12-13/h1-5H,(H,12,14). The van der Waals surface area contributed by atoms with E-state index in [1.54, 1.807) is 6.07 Å². The maximum absolute atomic E-state index is 13.0. The summed E-state index contributed by atoms with van der Waals surface area (Å²) in [5, 5.41) is 12.7. The number of rotatable bonds is 1. The Hall–Kier alpha value is -1.55. The maximum Gasteiger partial charge on any atom is 0.230 e. The summed E-state index contributed by atoms with van der Waals surface area (Å²) in [7, 11) is 0. The van der Waals surface area contributed by atoms with Gasteiger partial charge in [0.15, 0.2) is 0 Å². The summed E-state index contributed by atoms with van der Waals surface area (Å²) >= 11 is 5.72. The number of aromatic hydroxyl groups is 1. The van der Waals surface area contributed by atoms with Crippen LogP contribution in [0.25, 0.3) is 5.69 Å². The number of halogens is 2. The van der Waals surface area contributed by atoms with E-state index in [9.17, 15) is 4.39 Å². The van der Waals surface area contributed by atoms with Gasteiger partial charge in [0, 0.05) is 12.3 Å². The van der Waals surface area contributed by atoms with Crippen molar-refractivity contribution in [2.24, 2.45) is 0 Å². The van der Waals surface area contributed by atoms with Crippen LogP contribution in [0.2, 0.25) is 5.02 Å². The molecule has 72 valence electrons. The molecular weight excluding hydrogens is 207 g/mol. The Morgan fingerprint density at radius 2 is 2.14 bits per heavy atom. The van der Waals surface area contributed by atoms with E-state index in [4.69, 9.17) is 16.7 Å². The number of benzene rings is 1. The zero-order valence-corrected chi connectivity index (χ0v) is 7.74. The minimum atomic E-state index is -0.515. The quantitative estimate of drug-likeness (QED) is 0.788. The van der Waals surface area contributed by atoms with E-state index < -0.39 is 5.82 Å². The van der Waals surface area contributed by atoms with Crippen LogP contribution in [-0.4, -0.2) is 14.9 Å². The third-order valence-electron chi connectivity index (χ3n) is 1.75. The minimum absolute atomic E-state index is 0.0180. The van der Waals surface area contributed by atoms with Crippen molar-refractivity contribution in [2.75, 3.05) is 0 Å². The van der Waals surface area contributed by atoms with E-state index in [0.717, 1.165) is 0 Å². The molecule has 0 unspecified atom stereocenters. The van der Waals surface area contributed by atoms with Crippen molar-refractivity contribution >= 4 is 11.6 Å². The van der Waals surface area contributed by atoms with Crippen molar-refractivity contribution in [2.45, 2.75) is 0 Å². The lowest BCUT2D eigenvalue weighted by Gasteiger charge is -2.03. The summed E-state index contributed by atoms with van der Waals surface area (Å²) in [6.45, 7) is 0. The zero-order valence-electron chi connectivity index (χ0n) is 6.98. The van der Waals surface area contributed by atoms with E-state index in [2.05, 4.69) is 5.10 Å². The molecule has 0 aliphatic carbocycles. The van der Waals surface area contributed by atoms with Gasteiger partial charge in [-0.15, -0.1) is 5.10 Å². The first-order valence-electron chi connectivity index (χ1n) is 3.87. The molecule has 2 aromatic rings. The highest BCUT2D eigenvalue weighted by Gasteiger charge is 2.08. The summed E-state index contributed by atoms with van der Waals surface area (Å²) in [4.78, 5) is 0. The number of hydrogen-bond donors (Lipinski definition) is 1. The third kappa shape index (κ3) is 1.44. The van der Waals surface area contributed by atoms with E-state index in [0.29, 0.717) is 5.69 Å². The molecular formula is C9H6ClFN2O. The van der Waals surface area contributed by atoms with Crippen LogP contribution in [0.5, 0.6) is 5.88 Å². The van der Waals surface area contributed by atoms with E-state index in [-0.39, 0.29) is 10.9 Å². The predicted molar refractivity (Wildman–Crippen MR) is 50.2 cm³/mol. The summed E-state index contributed by atoms with van der Waals surface area (Å²) in [5.41, 5.74) is 0.395.